The Kier molecular flexibility index (Phi) is 12.5. The van der Waals surface area contributed by atoms with E-state index >= 15 is 0 Å². The molecule has 0 aromatic rings. The molecule has 0 aromatic carbocycles. The fourth-order valence-electron chi connectivity index (χ4n) is 3.66. The molecule has 2 rings (SSSR count). The normalized spacial score (nSPS) is 18.0. The van der Waals surface area contributed by atoms with Crippen LogP contribution in [0, 0.1) is 5.92 Å². The maximum Gasteiger partial charge on any atom is 0.410 e. The van der Waals surface area contributed by atoms with E-state index < -0.39 is 5.60 Å². The van der Waals surface area contributed by atoms with E-state index in [-0.39, 0.29) is 42.2 Å². The molecule has 0 aromatic heterocycles. The lowest BCUT2D eigenvalue weighted by Gasteiger charge is -2.40. The summed E-state index contributed by atoms with van der Waals surface area (Å²) in [6.45, 7) is 17.0. The van der Waals surface area contributed by atoms with Crippen LogP contribution in [0.3, 0.4) is 0 Å². The van der Waals surface area contributed by atoms with Gasteiger partial charge in [0.15, 0.2) is 5.96 Å². The number of rotatable bonds is 9. The number of carbonyl (C=O) groups excluding carboxylic acids is 1. The molecule has 0 bridgehead atoms. The van der Waals surface area contributed by atoms with E-state index in [0.717, 1.165) is 64.6 Å². The number of nitrogens with zero attached hydrogens (tertiary/aromatic N) is 3. The van der Waals surface area contributed by atoms with Crippen molar-refractivity contribution >= 4 is 36.0 Å². The van der Waals surface area contributed by atoms with E-state index in [1.807, 2.05) is 25.7 Å². The van der Waals surface area contributed by atoms with Crippen molar-refractivity contribution in [2.75, 3.05) is 39.3 Å². The second-order valence-corrected chi connectivity index (χ2v) is 9.80. The van der Waals surface area contributed by atoms with Gasteiger partial charge in [-0.2, -0.15) is 0 Å². The first kappa shape index (κ1) is 28.3. The summed E-state index contributed by atoms with van der Waals surface area (Å²) in [5.74, 6) is 1.63. The van der Waals surface area contributed by atoms with Crippen molar-refractivity contribution in [1.29, 1.82) is 0 Å². The van der Waals surface area contributed by atoms with Crippen molar-refractivity contribution in [2.45, 2.75) is 91.4 Å². The summed E-state index contributed by atoms with van der Waals surface area (Å²) >= 11 is 0. The molecule has 31 heavy (non-hydrogen) atoms. The van der Waals surface area contributed by atoms with E-state index in [9.17, 15) is 4.79 Å². The molecule has 1 aliphatic heterocycles. The zero-order chi connectivity index (χ0) is 22.1. The number of hydrogen-bond donors (Lipinski definition) is 1. The highest BCUT2D eigenvalue weighted by molar-refractivity contribution is 14.0. The van der Waals surface area contributed by atoms with Gasteiger partial charge in [0.1, 0.15) is 5.60 Å². The highest BCUT2D eigenvalue weighted by atomic mass is 127. The Morgan fingerprint density at radius 1 is 1.19 bits per heavy atom. The molecular formula is C23H45IN4O3. The quantitative estimate of drug-likeness (QED) is 0.198. The Balaban J connectivity index is 0.00000480. The molecule has 0 unspecified atom stereocenters. The predicted molar refractivity (Wildman–Crippen MR) is 137 cm³/mol. The van der Waals surface area contributed by atoms with Gasteiger partial charge in [-0.1, -0.05) is 0 Å². The molecule has 0 spiro atoms. The molecule has 2 fully saturated rings. The van der Waals surface area contributed by atoms with Crippen molar-refractivity contribution in [2.24, 2.45) is 10.9 Å². The predicted octanol–water partition coefficient (Wildman–Crippen LogP) is 4.50. The van der Waals surface area contributed by atoms with E-state index in [0.29, 0.717) is 5.92 Å². The summed E-state index contributed by atoms with van der Waals surface area (Å²) in [4.78, 5) is 22.0. The van der Waals surface area contributed by atoms with Crippen LogP contribution in [-0.4, -0.2) is 78.9 Å². The summed E-state index contributed by atoms with van der Waals surface area (Å²) in [5, 5.41) is 3.42. The summed E-state index contributed by atoms with van der Waals surface area (Å²) < 4.78 is 11.3. The number of guanidine groups is 1. The highest BCUT2D eigenvalue weighted by Crippen LogP contribution is 2.32. The molecular weight excluding hydrogens is 507 g/mol. The van der Waals surface area contributed by atoms with Crippen LogP contribution >= 0.6 is 24.0 Å². The van der Waals surface area contributed by atoms with Crippen LogP contribution in [0.2, 0.25) is 0 Å². The third-order valence-electron chi connectivity index (χ3n) is 5.33. The molecule has 0 radical (unpaired) electrons. The molecule has 0 atom stereocenters. The molecule has 1 saturated carbocycles. The van der Waals surface area contributed by atoms with Gasteiger partial charge in [0.25, 0.3) is 0 Å². The molecule has 1 saturated heterocycles. The van der Waals surface area contributed by atoms with Gasteiger partial charge in [0, 0.05) is 45.4 Å². The Morgan fingerprint density at radius 2 is 1.84 bits per heavy atom. The summed E-state index contributed by atoms with van der Waals surface area (Å²) in [6.07, 6.45) is 5.41. The zero-order valence-electron chi connectivity index (χ0n) is 20.5. The fourth-order valence-corrected chi connectivity index (χ4v) is 3.66. The third-order valence-corrected chi connectivity index (χ3v) is 5.33. The number of halogens is 1. The Morgan fingerprint density at radius 3 is 2.35 bits per heavy atom. The molecule has 2 aliphatic rings. The van der Waals surface area contributed by atoms with Gasteiger partial charge in [-0.15, -0.1) is 24.0 Å². The van der Waals surface area contributed by atoms with E-state index in [1.54, 1.807) is 0 Å². The lowest BCUT2D eigenvalue weighted by Crippen LogP contribution is -2.52. The summed E-state index contributed by atoms with van der Waals surface area (Å²) in [7, 11) is 0. The molecule has 1 amide bonds. The largest absolute Gasteiger partial charge is 0.444 e. The first-order chi connectivity index (χ1) is 14.2. The average molecular weight is 553 g/mol. The maximum absolute atomic E-state index is 12.8. The van der Waals surface area contributed by atoms with E-state index in [4.69, 9.17) is 14.5 Å². The number of piperidine rings is 1. The SMILES string of the molecule is CCNC(=NCCCOC(C)C)N1CCC(N(CC2CC2)C(=O)OC(C)(C)C)CC1.I. The average Bonchev–Trinajstić information content (AvgIpc) is 3.48. The summed E-state index contributed by atoms with van der Waals surface area (Å²) in [5.41, 5.74) is -0.455. The lowest BCUT2D eigenvalue weighted by atomic mass is 10.0. The van der Waals surface area contributed by atoms with Crippen molar-refractivity contribution in [3.8, 4) is 0 Å². The number of carbonyl (C=O) groups is 1. The van der Waals surface area contributed by atoms with E-state index in [1.165, 1.54) is 12.8 Å². The minimum atomic E-state index is -0.455. The molecule has 7 nitrogen and oxygen atoms in total. The second kappa shape index (κ2) is 13.7. The number of ether oxygens (including phenoxy) is 2. The highest BCUT2D eigenvalue weighted by Gasteiger charge is 2.35. The standard InChI is InChI=1S/C23H44N4O3.HI/c1-7-24-21(25-13-8-16-29-18(2)3)26-14-11-20(12-15-26)27(17-19-9-10-19)22(28)30-23(4,5)6;/h18-20H,7-17H2,1-6H3,(H,24,25);1H. The van der Waals surface area contributed by atoms with Crippen LogP contribution in [0.15, 0.2) is 4.99 Å². The van der Waals surface area contributed by atoms with Gasteiger partial charge in [-0.25, -0.2) is 4.79 Å². The summed E-state index contributed by atoms with van der Waals surface area (Å²) in [6, 6.07) is 0.249. The van der Waals surface area contributed by atoms with Crippen molar-refractivity contribution in [3.05, 3.63) is 0 Å². The monoisotopic (exact) mass is 552 g/mol. The van der Waals surface area contributed by atoms with Crippen LogP contribution in [0.25, 0.3) is 0 Å². The fraction of sp³-hybridized carbons (Fsp3) is 0.913. The Bertz CT molecular complexity index is 554. The number of nitrogens with one attached hydrogen (secondary N) is 1. The van der Waals surface area contributed by atoms with Crippen molar-refractivity contribution < 1.29 is 14.3 Å². The van der Waals surface area contributed by atoms with Crippen LogP contribution in [0.4, 0.5) is 4.79 Å². The zero-order valence-corrected chi connectivity index (χ0v) is 22.8. The van der Waals surface area contributed by atoms with Gasteiger partial charge in [0.05, 0.1) is 6.10 Å². The van der Waals surface area contributed by atoms with Crippen LogP contribution < -0.4 is 5.32 Å². The first-order valence-electron chi connectivity index (χ1n) is 11.8. The molecule has 8 heteroatoms. The van der Waals surface area contributed by atoms with Crippen molar-refractivity contribution in [3.63, 3.8) is 0 Å². The van der Waals surface area contributed by atoms with Gasteiger partial charge >= 0.3 is 6.09 Å². The number of amides is 1. The number of aliphatic imine (C=N–C) groups is 1. The Labute approximate surface area is 206 Å². The third kappa shape index (κ3) is 11.1. The van der Waals surface area contributed by atoms with Crippen LogP contribution in [0.5, 0.6) is 0 Å². The molecule has 1 N–H and O–H groups in total. The van der Waals surface area contributed by atoms with Gasteiger partial charge in [0.2, 0.25) is 0 Å². The molecule has 1 aliphatic carbocycles. The molecule has 182 valence electrons. The topological polar surface area (TPSA) is 66.4 Å². The lowest BCUT2D eigenvalue weighted by molar-refractivity contribution is 0.00928. The van der Waals surface area contributed by atoms with Gasteiger partial charge in [-0.3, -0.25) is 4.99 Å². The number of likely N-dealkylation sites (tertiary alicyclic amines) is 1. The van der Waals surface area contributed by atoms with Gasteiger partial charge < -0.3 is 24.6 Å². The van der Waals surface area contributed by atoms with Gasteiger partial charge in [-0.05, 0) is 79.6 Å². The minimum absolute atomic E-state index is 0. The maximum atomic E-state index is 12.8. The van der Waals surface area contributed by atoms with Crippen LogP contribution in [-0.2, 0) is 9.47 Å². The minimum Gasteiger partial charge on any atom is -0.444 e. The molecule has 1 heterocycles. The van der Waals surface area contributed by atoms with E-state index in [2.05, 4.69) is 31.0 Å². The Hall–Kier alpha value is -0.770. The van der Waals surface area contributed by atoms with Crippen molar-refractivity contribution in [1.82, 2.24) is 15.1 Å². The second-order valence-electron chi connectivity index (χ2n) is 9.80. The number of hydrogen-bond acceptors (Lipinski definition) is 4. The first-order valence-corrected chi connectivity index (χ1v) is 11.8. The smallest absolute Gasteiger partial charge is 0.410 e. The van der Waals surface area contributed by atoms with Crippen LogP contribution in [0.1, 0.15) is 73.6 Å².